The average molecular weight is 312 g/mol. The Balaban J connectivity index is 1.90. The molecule has 0 saturated carbocycles. The SMILES string of the molecule is CC1=NN(c2ccccc2)C(=O)C1C=C1C(=O)NC(=O)NC1=O. The zero-order valence-corrected chi connectivity index (χ0v) is 12.1. The number of hydrogen-bond donors (Lipinski definition) is 2. The third kappa shape index (κ3) is 2.61. The van der Waals surface area contributed by atoms with Gasteiger partial charge in [0.05, 0.1) is 17.3 Å². The highest BCUT2D eigenvalue weighted by molar-refractivity contribution is 6.30. The van der Waals surface area contributed by atoms with Crippen molar-refractivity contribution in [2.24, 2.45) is 11.0 Å². The number of hydrogen-bond acceptors (Lipinski definition) is 5. The minimum atomic E-state index is -0.883. The molecule has 2 N–H and O–H groups in total. The van der Waals surface area contributed by atoms with Crippen LogP contribution in [0.2, 0.25) is 0 Å². The molecular formula is C15H12N4O4. The standard InChI is InChI=1S/C15H12N4O4/c1-8-10(7-11-12(20)16-15(23)17-13(11)21)14(22)19(18-8)9-5-3-2-4-6-9/h2-7,10H,1H3,(H2,16,17,20,21,23). The molecule has 0 radical (unpaired) electrons. The van der Waals surface area contributed by atoms with Crippen LogP contribution in [-0.4, -0.2) is 29.5 Å². The summed E-state index contributed by atoms with van der Waals surface area (Å²) in [5.41, 5.74) is 0.752. The topological polar surface area (TPSA) is 108 Å². The lowest BCUT2D eigenvalue weighted by molar-refractivity contribution is -0.124. The third-order valence-corrected chi connectivity index (χ3v) is 3.46. The second-order valence-electron chi connectivity index (χ2n) is 5.02. The van der Waals surface area contributed by atoms with Gasteiger partial charge in [-0.1, -0.05) is 18.2 Å². The number of hydrazone groups is 1. The van der Waals surface area contributed by atoms with Gasteiger partial charge in [-0.15, -0.1) is 0 Å². The van der Waals surface area contributed by atoms with E-state index in [-0.39, 0.29) is 11.5 Å². The van der Waals surface area contributed by atoms with Gasteiger partial charge in [-0.2, -0.15) is 10.1 Å². The van der Waals surface area contributed by atoms with Gasteiger partial charge in [-0.25, -0.2) is 4.79 Å². The van der Waals surface area contributed by atoms with Crippen LogP contribution in [0.15, 0.2) is 47.1 Å². The van der Waals surface area contributed by atoms with Crippen LogP contribution in [0.3, 0.4) is 0 Å². The van der Waals surface area contributed by atoms with Gasteiger partial charge in [0.25, 0.3) is 17.7 Å². The second kappa shape index (κ2) is 5.48. The largest absolute Gasteiger partial charge is 0.328 e. The molecule has 8 heteroatoms. The van der Waals surface area contributed by atoms with Crippen molar-refractivity contribution >= 4 is 35.2 Å². The fourth-order valence-electron chi connectivity index (χ4n) is 2.32. The number of nitrogens with one attached hydrogen (secondary N) is 2. The van der Waals surface area contributed by atoms with E-state index in [9.17, 15) is 19.2 Å². The lowest BCUT2D eigenvalue weighted by atomic mass is 9.99. The predicted octanol–water partition coefficient (Wildman–Crippen LogP) is 0.318. The number of benzene rings is 1. The number of urea groups is 1. The Morgan fingerprint density at radius 1 is 1.04 bits per heavy atom. The highest BCUT2D eigenvalue weighted by Gasteiger charge is 2.36. The molecule has 0 aliphatic carbocycles. The summed E-state index contributed by atoms with van der Waals surface area (Å²) >= 11 is 0. The maximum Gasteiger partial charge on any atom is 0.328 e. The summed E-state index contributed by atoms with van der Waals surface area (Å²) in [6, 6.07) is 7.92. The van der Waals surface area contributed by atoms with Crippen molar-refractivity contribution in [1.82, 2.24) is 10.6 Å². The van der Waals surface area contributed by atoms with Crippen molar-refractivity contribution in [3.8, 4) is 0 Å². The molecule has 116 valence electrons. The van der Waals surface area contributed by atoms with Crippen molar-refractivity contribution in [1.29, 1.82) is 0 Å². The number of carbonyl (C=O) groups excluding carboxylic acids is 4. The summed E-state index contributed by atoms with van der Waals surface area (Å²) in [4.78, 5) is 47.0. The first kappa shape index (κ1) is 14.6. The van der Waals surface area contributed by atoms with E-state index in [1.54, 1.807) is 31.2 Å². The van der Waals surface area contributed by atoms with Crippen LogP contribution in [0.5, 0.6) is 0 Å². The van der Waals surface area contributed by atoms with Gasteiger partial charge in [-0.3, -0.25) is 25.0 Å². The van der Waals surface area contributed by atoms with Crippen LogP contribution in [0.25, 0.3) is 0 Å². The Labute approximate surface area is 130 Å². The minimum absolute atomic E-state index is 0.285. The average Bonchev–Trinajstić information content (AvgIpc) is 2.79. The van der Waals surface area contributed by atoms with Gasteiger partial charge in [0, 0.05) is 0 Å². The van der Waals surface area contributed by atoms with E-state index in [1.807, 2.05) is 16.7 Å². The molecule has 2 heterocycles. The van der Waals surface area contributed by atoms with E-state index in [0.717, 1.165) is 0 Å². The first-order chi connectivity index (χ1) is 11.0. The summed E-state index contributed by atoms with van der Waals surface area (Å²) in [6.07, 6.45) is 1.22. The second-order valence-corrected chi connectivity index (χ2v) is 5.02. The molecule has 8 nitrogen and oxygen atoms in total. The molecule has 1 aromatic carbocycles. The molecule has 1 aromatic rings. The number of barbiturate groups is 1. The van der Waals surface area contributed by atoms with Gasteiger partial charge in [0.15, 0.2) is 0 Å². The molecule has 23 heavy (non-hydrogen) atoms. The molecule has 1 unspecified atom stereocenters. The molecule has 1 atom stereocenters. The normalized spacial score (nSPS) is 21.1. The first-order valence-corrected chi connectivity index (χ1v) is 6.80. The van der Waals surface area contributed by atoms with E-state index in [1.165, 1.54) is 11.1 Å². The van der Waals surface area contributed by atoms with Crippen LogP contribution in [0.1, 0.15) is 6.92 Å². The zero-order chi connectivity index (χ0) is 16.6. The fraction of sp³-hybridized carbons (Fsp3) is 0.133. The number of imide groups is 2. The van der Waals surface area contributed by atoms with E-state index in [0.29, 0.717) is 11.4 Å². The monoisotopic (exact) mass is 312 g/mol. The first-order valence-electron chi connectivity index (χ1n) is 6.80. The summed E-state index contributed by atoms with van der Waals surface area (Å²) in [5.74, 6) is -2.89. The number of nitrogens with zero attached hydrogens (tertiary/aromatic N) is 2. The van der Waals surface area contributed by atoms with Crippen molar-refractivity contribution in [2.75, 3.05) is 5.01 Å². The van der Waals surface area contributed by atoms with E-state index < -0.39 is 23.8 Å². The van der Waals surface area contributed by atoms with Gasteiger partial charge >= 0.3 is 6.03 Å². The number of carbonyl (C=O) groups is 4. The molecule has 1 saturated heterocycles. The highest BCUT2D eigenvalue weighted by Crippen LogP contribution is 2.25. The predicted molar refractivity (Wildman–Crippen MR) is 80.3 cm³/mol. The molecule has 2 aliphatic heterocycles. The van der Waals surface area contributed by atoms with E-state index in [2.05, 4.69) is 5.10 Å². The molecule has 1 fully saturated rings. The van der Waals surface area contributed by atoms with Crippen LogP contribution in [0, 0.1) is 5.92 Å². The van der Waals surface area contributed by atoms with Crippen LogP contribution in [0.4, 0.5) is 10.5 Å². The van der Waals surface area contributed by atoms with Gasteiger partial charge in [0.2, 0.25) is 0 Å². The number of para-hydroxylation sites is 1. The van der Waals surface area contributed by atoms with Gasteiger partial charge in [-0.05, 0) is 25.1 Å². The Kier molecular flexibility index (Phi) is 3.49. The molecule has 0 aromatic heterocycles. The lowest BCUT2D eigenvalue weighted by Crippen LogP contribution is -2.51. The molecule has 0 spiro atoms. The summed E-state index contributed by atoms with van der Waals surface area (Å²) < 4.78 is 0. The smallest absolute Gasteiger partial charge is 0.273 e. The molecule has 5 amide bonds. The Bertz CT molecular complexity index is 760. The Hall–Kier alpha value is -3.29. The number of rotatable bonds is 2. The highest BCUT2D eigenvalue weighted by atomic mass is 16.2. The van der Waals surface area contributed by atoms with Crippen LogP contribution in [-0.2, 0) is 14.4 Å². The zero-order valence-electron chi connectivity index (χ0n) is 12.1. The molecular weight excluding hydrogens is 300 g/mol. The lowest BCUT2D eigenvalue weighted by Gasteiger charge is -2.16. The van der Waals surface area contributed by atoms with E-state index >= 15 is 0 Å². The maximum absolute atomic E-state index is 12.5. The fourth-order valence-corrected chi connectivity index (χ4v) is 2.32. The minimum Gasteiger partial charge on any atom is -0.273 e. The Morgan fingerprint density at radius 3 is 2.26 bits per heavy atom. The number of amides is 5. The van der Waals surface area contributed by atoms with Crippen LogP contribution < -0.4 is 15.6 Å². The van der Waals surface area contributed by atoms with Gasteiger partial charge < -0.3 is 0 Å². The van der Waals surface area contributed by atoms with Crippen molar-refractivity contribution in [2.45, 2.75) is 6.92 Å². The molecule has 2 aliphatic rings. The van der Waals surface area contributed by atoms with Crippen LogP contribution >= 0.6 is 0 Å². The molecule has 3 rings (SSSR count). The summed E-state index contributed by atoms with van der Waals surface area (Å²) in [6.45, 7) is 1.63. The van der Waals surface area contributed by atoms with Crippen molar-refractivity contribution in [3.63, 3.8) is 0 Å². The summed E-state index contributed by atoms with van der Waals surface area (Å²) in [7, 11) is 0. The molecule has 0 bridgehead atoms. The van der Waals surface area contributed by atoms with Gasteiger partial charge in [0.1, 0.15) is 5.57 Å². The summed E-state index contributed by atoms with van der Waals surface area (Å²) in [5, 5.41) is 9.33. The number of anilines is 1. The maximum atomic E-state index is 12.5. The Morgan fingerprint density at radius 2 is 1.65 bits per heavy atom. The quantitative estimate of drug-likeness (QED) is 0.605. The van der Waals surface area contributed by atoms with Crippen molar-refractivity contribution in [3.05, 3.63) is 42.0 Å². The third-order valence-electron chi connectivity index (χ3n) is 3.46. The van der Waals surface area contributed by atoms with E-state index in [4.69, 9.17) is 0 Å². The van der Waals surface area contributed by atoms with Crippen molar-refractivity contribution < 1.29 is 19.2 Å².